The van der Waals surface area contributed by atoms with Crippen LogP contribution in [-0.4, -0.2) is 58.9 Å². The Morgan fingerprint density at radius 2 is 1.78 bits per heavy atom. The summed E-state index contributed by atoms with van der Waals surface area (Å²) in [5, 5.41) is 4.17. The number of ether oxygens (including phenoxy) is 1. The van der Waals surface area contributed by atoms with Crippen molar-refractivity contribution in [1.82, 2.24) is 19.1 Å². The first kappa shape index (κ1) is 21.8. The summed E-state index contributed by atoms with van der Waals surface area (Å²) < 4.78 is 33.3. The van der Waals surface area contributed by atoms with Gasteiger partial charge in [-0.2, -0.15) is 9.40 Å². The Kier molecular flexibility index (Phi) is 6.15. The van der Waals surface area contributed by atoms with Gasteiger partial charge in [-0.15, -0.1) is 0 Å². The highest BCUT2D eigenvalue weighted by Gasteiger charge is 2.27. The van der Waals surface area contributed by atoms with Crippen molar-refractivity contribution in [2.24, 2.45) is 0 Å². The molecule has 0 spiro atoms. The van der Waals surface area contributed by atoms with Crippen LogP contribution in [0.25, 0.3) is 5.82 Å². The van der Waals surface area contributed by atoms with Gasteiger partial charge >= 0.3 is 5.97 Å². The van der Waals surface area contributed by atoms with Crippen molar-refractivity contribution in [3.05, 3.63) is 71.7 Å². The van der Waals surface area contributed by atoms with Gasteiger partial charge < -0.3 is 4.74 Å². The van der Waals surface area contributed by atoms with Crippen LogP contribution in [-0.2, 0) is 14.8 Å². The highest BCUT2D eigenvalue weighted by Crippen LogP contribution is 2.21. The summed E-state index contributed by atoms with van der Waals surface area (Å²) in [6.45, 7) is 2.26. The smallest absolute Gasteiger partial charge is 0.342 e. The SMILES string of the molecule is Cc1c(C(=O)OCC(=O)c2ccc(S(=O)(=O)N3CCCC3)cc2)cnn1-c1ccccn1. The minimum absolute atomic E-state index is 0.144. The molecule has 0 atom stereocenters. The molecule has 3 aromatic rings. The maximum atomic E-state index is 12.6. The number of ketones is 1. The number of Topliss-reactive ketones (excluding diaryl/α,β-unsaturated/α-hetero) is 1. The van der Waals surface area contributed by atoms with Crippen LogP contribution in [0.1, 0.15) is 39.3 Å². The molecule has 166 valence electrons. The van der Waals surface area contributed by atoms with Gasteiger partial charge in [-0.1, -0.05) is 6.07 Å². The third-order valence-electron chi connectivity index (χ3n) is 5.31. The molecule has 2 aromatic heterocycles. The number of pyridine rings is 1. The molecule has 10 heteroatoms. The molecule has 0 saturated carbocycles. The summed E-state index contributed by atoms with van der Waals surface area (Å²) in [4.78, 5) is 29.2. The van der Waals surface area contributed by atoms with Crippen LogP contribution in [0.15, 0.2) is 59.8 Å². The molecule has 0 radical (unpaired) electrons. The minimum atomic E-state index is -3.55. The second kappa shape index (κ2) is 9.01. The number of rotatable bonds is 7. The fourth-order valence-electron chi connectivity index (χ4n) is 3.50. The highest BCUT2D eigenvalue weighted by molar-refractivity contribution is 7.89. The van der Waals surface area contributed by atoms with E-state index in [9.17, 15) is 18.0 Å². The average molecular weight is 455 g/mol. The maximum absolute atomic E-state index is 12.6. The molecular formula is C22H22N4O5S. The largest absolute Gasteiger partial charge is 0.454 e. The molecule has 1 saturated heterocycles. The molecule has 3 heterocycles. The fourth-order valence-corrected chi connectivity index (χ4v) is 5.02. The molecule has 0 unspecified atom stereocenters. The molecule has 9 nitrogen and oxygen atoms in total. The number of esters is 1. The lowest BCUT2D eigenvalue weighted by Gasteiger charge is -2.15. The van der Waals surface area contributed by atoms with Gasteiger partial charge in [0.25, 0.3) is 0 Å². The number of sulfonamides is 1. The van der Waals surface area contributed by atoms with Gasteiger partial charge in [0.1, 0.15) is 5.56 Å². The summed E-state index contributed by atoms with van der Waals surface area (Å²) in [7, 11) is -3.55. The molecule has 1 aliphatic rings. The van der Waals surface area contributed by atoms with Crippen molar-refractivity contribution in [3.8, 4) is 5.82 Å². The zero-order valence-corrected chi connectivity index (χ0v) is 18.3. The van der Waals surface area contributed by atoms with E-state index >= 15 is 0 Å². The van der Waals surface area contributed by atoms with Crippen molar-refractivity contribution < 1.29 is 22.7 Å². The van der Waals surface area contributed by atoms with Crippen LogP contribution in [0.5, 0.6) is 0 Å². The molecular weight excluding hydrogens is 432 g/mol. The Morgan fingerprint density at radius 3 is 2.44 bits per heavy atom. The first-order valence-electron chi connectivity index (χ1n) is 10.1. The van der Waals surface area contributed by atoms with Gasteiger partial charge in [0, 0.05) is 24.8 Å². The van der Waals surface area contributed by atoms with Gasteiger partial charge in [-0.3, -0.25) is 4.79 Å². The third kappa shape index (κ3) is 4.32. The Bertz CT molecular complexity index is 1230. The number of hydrogen-bond acceptors (Lipinski definition) is 7. The van der Waals surface area contributed by atoms with Crippen LogP contribution < -0.4 is 0 Å². The van der Waals surface area contributed by atoms with Crippen LogP contribution in [0.3, 0.4) is 0 Å². The van der Waals surface area contributed by atoms with Gasteiger partial charge in [-0.25, -0.2) is 22.9 Å². The minimum Gasteiger partial charge on any atom is -0.454 e. The Balaban J connectivity index is 1.40. The predicted octanol–water partition coefficient (Wildman–Crippen LogP) is 2.40. The Hall–Kier alpha value is -3.37. The summed E-state index contributed by atoms with van der Waals surface area (Å²) in [6.07, 6.45) is 4.69. The van der Waals surface area contributed by atoms with Gasteiger partial charge in [-0.05, 0) is 56.2 Å². The number of carbonyl (C=O) groups excluding carboxylic acids is 2. The zero-order valence-electron chi connectivity index (χ0n) is 17.5. The fraction of sp³-hybridized carbons (Fsp3) is 0.273. The predicted molar refractivity (Wildman–Crippen MR) is 115 cm³/mol. The lowest BCUT2D eigenvalue weighted by Crippen LogP contribution is -2.27. The summed E-state index contributed by atoms with van der Waals surface area (Å²) in [5.74, 6) is -0.548. The van der Waals surface area contributed by atoms with Crippen molar-refractivity contribution in [1.29, 1.82) is 0 Å². The highest BCUT2D eigenvalue weighted by atomic mass is 32.2. The van der Waals surface area contributed by atoms with Crippen LogP contribution in [0, 0.1) is 6.92 Å². The monoisotopic (exact) mass is 454 g/mol. The average Bonchev–Trinajstić information content (AvgIpc) is 3.48. The van der Waals surface area contributed by atoms with E-state index in [4.69, 9.17) is 4.74 Å². The Morgan fingerprint density at radius 1 is 1.06 bits per heavy atom. The molecule has 1 aromatic carbocycles. The van der Waals surface area contributed by atoms with Crippen LogP contribution >= 0.6 is 0 Å². The van der Waals surface area contributed by atoms with Crippen molar-refractivity contribution in [2.75, 3.05) is 19.7 Å². The van der Waals surface area contributed by atoms with E-state index in [0.29, 0.717) is 24.6 Å². The number of benzene rings is 1. The first-order chi connectivity index (χ1) is 15.4. The summed E-state index contributed by atoms with van der Waals surface area (Å²) >= 11 is 0. The third-order valence-corrected chi connectivity index (χ3v) is 7.22. The van der Waals surface area contributed by atoms with E-state index in [-0.39, 0.29) is 16.0 Å². The molecule has 0 bridgehead atoms. The first-order valence-corrected chi connectivity index (χ1v) is 11.6. The van der Waals surface area contributed by atoms with Crippen molar-refractivity contribution >= 4 is 21.8 Å². The van der Waals surface area contributed by atoms with Gasteiger partial charge in [0.2, 0.25) is 10.0 Å². The lowest BCUT2D eigenvalue weighted by molar-refractivity contribution is 0.0474. The van der Waals surface area contributed by atoms with E-state index in [1.165, 1.54) is 39.4 Å². The van der Waals surface area contributed by atoms with E-state index in [0.717, 1.165) is 12.8 Å². The summed E-state index contributed by atoms with van der Waals surface area (Å²) in [6, 6.07) is 11.0. The molecule has 0 amide bonds. The van der Waals surface area contributed by atoms with Crippen LogP contribution in [0.4, 0.5) is 0 Å². The van der Waals surface area contributed by atoms with Gasteiger partial charge in [0.05, 0.1) is 16.8 Å². The molecule has 0 aliphatic carbocycles. The molecule has 0 N–H and O–H groups in total. The Labute approximate surface area is 185 Å². The topological polar surface area (TPSA) is 111 Å². The number of nitrogens with zero attached hydrogens (tertiary/aromatic N) is 4. The molecule has 1 aliphatic heterocycles. The quantitative estimate of drug-likeness (QED) is 0.398. The zero-order chi connectivity index (χ0) is 22.7. The summed E-state index contributed by atoms with van der Waals surface area (Å²) in [5.41, 5.74) is 1.03. The number of hydrogen-bond donors (Lipinski definition) is 0. The molecule has 4 rings (SSSR count). The van der Waals surface area contributed by atoms with Crippen molar-refractivity contribution in [3.63, 3.8) is 0 Å². The van der Waals surface area contributed by atoms with E-state index < -0.39 is 28.4 Å². The normalized spacial score (nSPS) is 14.4. The lowest BCUT2D eigenvalue weighted by atomic mass is 10.1. The number of carbonyl (C=O) groups is 2. The van der Waals surface area contributed by atoms with Gasteiger partial charge in [0.15, 0.2) is 18.2 Å². The van der Waals surface area contributed by atoms with Crippen molar-refractivity contribution in [2.45, 2.75) is 24.7 Å². The maximum Gasteiger partial charge on any atom is 0.342 e. The molecule has 32 heavy (non-hydrogen) atoms. The van der Waals surface area contributed by atoms with E-state index in [1.807, 2.05) is 6.07 Å². The van der Waals surface area contributed by atoms with Crippen LogP contribution in [0.2, 0.25) is 0 Å². The van der Waals surface area contributed by atoms with E-state index in [1.54, 1.807) is 25.3 Å². The van der Waals surface area contributed by atoms with E-state index in [2.05, 4.69) is 10.1 Å². The number of aromatic nitrogens is 3. The second-order valence-electron chi connectivity index (χ2n) is 7.38. The standard InChI is InChI=1S/C22H22N4O5S/c1-16-19(14-24-26(16)21-6-2-3-11-23-21)22(28)31-15-20(27)17-7-9-18(10-8-17)32(29,30)25-12-4-5-13-25/h2-3,6-11,14H,4-5,12-13,15H2,1H3. The molecule has 1 fully saturated rings. The second-order valence-corrected chi connectivity index (χ2v) is 9.32.